The van der Waals surface area contributed by atoms with Gasteiger partial charge in [0.05, 0.1) is 10.5 Å². The first-order valence-corrected chi connectivity index (χ1v) is 7.01. The molecule has 0 saturated heterocycles. The van der Waals surface area contributed by atoms with Crippen LogP contribution in [0.3, 0.4) is 0 Å². The Balaban J connectivity index is 2.07. The van der Waals surface area contributed by atoms with Crippen molar-refractivity contribution >= 4 is 23.3 Å². The minimum atomic E-state index is -0.678. The topological polar surface area (TPSA) is 111 Å². The Labute approximate surface area is 137 Å². The third kappa shape index (κ3) is 3.92. The van der Waals surface area contributed by atoms with Gasteiger partial charge in [-0.15, -0.1) is 0 Å². The van der Waals surface area contributed by atoms with Crippen molar-refractivity contribution in [3.05, 3.63) is 63.5 Å². The Hall–Kier alpha value is -3.29. The Bertz CT molecular complexity index is 790. The van der Waals surface area contributed by atoms with Gasteiger partial charge in [0.25, 0.3) is 11.6 Å². The number of nitrogens with zero attached hydrogens (tertiary/aromatic N) is 2. The van der Waals surface area contributed by atoms with Crippen molar-refractivity contribution in [1.82, 2.24) is 4.98 Å². The van der Waals surface area contributed by atoms with Gasteiger partial charge in [-0.25, -0.2) is 4.79 Å². The highest BCUT2D eigenvalue weighted by Crippen LogP contribution is 2.30. The van der Waals surface area contributed by atoms with E-state index in [0.29, 0.717) is 5.56 Å². The van der Waals surface area contributed by atoms with Crippen molar-refractivity contribution < 1.29 is 19.2 Å². The summed E-state index contributed by atoms with van der Waals surface area (Å²) in [6.07, 6.45) is 2.85. The van der Waals surface area contributed by atoms with Gasteiger partial charge < -0.3 is 10.1 Å². The lowest BCUT2D eigenvalue weighted by atomic mass is 10.1. The van der Waals surface area contributed by atoms with Gasteiger partial charge in [0.1, 0.15) is 5.69 Å². The second-order valence-corrected chi connectivity index (χ2v) is 5.02. The molecule has 1 amide bonds. The van der Waals surface area contributed by atoms with Crippen LogP contribution < -0.4 is 5.32 Å². The third-order valence-electron chi connectivity index (χ3n) is 3.43. The molecule has 2 rings (SSSR count). The molecule has 0 spiro atoms. The fraction of sp³-hybridized carbons (Fsp3) is 0.188. The molecular formula is C16H15N3O5. The quantitative estimate of drug-likeness (QED) is 0.512. The van der Waals surface area contributed by atoms with Gasteiger partial charge in [-0.05, 0) is 37.1 Å². The van der Waals surface area contributed by atoms with E-state index < -0.39 is 23.4 Å². The maximum Gasteiger partial charge on any atom is 0.338 e. The van der Waals surface area contributed by atoms with Gasteiger partial charge in [0, 0.05) is 18.5 Å². The second-order valence-electron chi connectivity index (χ2n) is 5.02. The van der Waals surface area contributed by atoms with Gasteiger partial charge in [0.2, 0.25) is 0 Å². The molecule has 1 aromatic heterocycles. The highest BCUT2D eigenvalue weighted by Gasteiger charge is 2.20. The van der Waals surface area contributed by atoms with Crippen LogP contribution in [0.25, 0.3) is 0 Å². The van der Waals surface area contributed by atoms with Gasteiger partial charge in [0.15, 0.2) is 6.61 Å². The number of aryl methyl sites for hydroxylation is 1. The summed E-state index contributed by atoms with van der Waals surface area (Å²) < 4.78 is 4.88. The predicted octanol–water partition coefficient (Wildman–Crippen LogP) is 2.40. The average molecular weight is 329 g/mol. The molecule has 8 nitrogen and oxygen atoms in total. The zero-order valence-corrected chi connectivity index (χ0v) is 13.1. The first-order valence-electron chi connectivity index (χ1n) is 7.01. The van der Waals surface area contributed by atoms with E-state index in [1.165, 1.54) is 30.6 Å². The first kappa shape index (κ1) is 17.1. The number of carbonyl (C=O) groups is 2. The predicted molar refractivity (Wildman–Crippen MR) is 85.7 cm³/mol. The molecule has 0 aliphatic carbocycles. The molecule has 0 unspecified atom stereocenters. The molecular weight excluding hydrogens is 314 g/mol. The molecule has 1 aromatic carbocycles. The largest absolute Gasteiger partial charge is 0.452 e. The van der Waals surface area contributed by atoms with Crippen LogP contribution in [0.2, 0.25) is 0 Å². The number of anilines is 1. The molecule has 0 aliphatic heterocycles. The SMILES string of the molecule is Cc1ccc([N+](=O)[O-])c(NC(=O)COC(=O)c2ccncc2)c1C. The summed E-state index contributed by atoms with van der Waals surface area (Å²) in [6.45, 7) is 2.89. The van der Waals surface area contributed by atoms with Crippen LogP contribution in [-0.2, 0) is 9.53 Å². The molecule has 124 valence electrons. The normalized spacial score (nSPS) is 10.1. The molecule has 1 N–H and O–H groups in total. The Morgan fingerprint density at radius 3 is 2.50 bits per heavy atom. The summed E-state index contributed by atoms with van der Waals surface area (Å²) in [4.78, 5) is 38.0. The lowest BCUT2D eigenvalue weighted by Gasteiger charge is -2.11. The maximum atomic E-state index is 12.0. The zero-order chi connectivity index (χ0) is 17.7. The van der Waals surface area contributed by atoms with Crippen molar-refractivity contribution in [3.63, 3.8) is 0 Å². The third-order valence-corrected chi connectivity index (χ3v) is 3.43. The summed E-state index contributed by atoms with van der Waals surface area (Å²) in [5.74, 6) is -1.34. The van der Waals surface area contributed by atoms with Crippen LogP contribution in [-0.4, -0.2) is 28.4 Å². The molecule has 0 aliphatic rings. The van der Waals surface area contributed by atoms with E-state index in [1.54, 1.807) is 19.9 Å². The molecule has 0 saturated carbocycles. The number of ether oxygens (including phenoxy) is 1. The summed E-state index contributed by atoms with van der Waals surface area (Å²) in [5.41, 5.74) is 1.52. The fourth-order valence-electron chi connectivity index (χ4n) is 1.99. The van der Waals surface area contributed by atoms with E-state index >= 15 is 0 Å². The minimum absolute atomic E-state index is 0.102. The number of benzene rings is 1. The second kappa shape index (κ2) is 7.32. The Morgan fingerprint density at radius 2 is 1.88 bits per heavy atom. The summed E-state index contributed by atoms with van der Waals surface area (Å²) in [5, 5.41) is 13.5. The lowest BCUT2D eigenvalue weighted by molar-refractivity contribution is -0.384. The molecule has 1 heterocycles. The van der Waals surface area contributed by atoms with Crippen LogP contribution in [0.1, 0.15) is 21.5 Å². The van der Waals surface area contributed by atoms with Crippen LogP contribution >= 0.6 is 0 Å². The highest BCUT2D eigenvalue weighted by molar-refractivity contribution is 5.97. The minimum Gasteiger partial charge on any atom is -0.452 e. The number of hydrogen-bond acceptors (Lipinski definition) is 6. The Morgan fingerprint density at radius 1 is 1.21 bits per heavy atom. The number of pyridine rings is 1. The molecule has 24 heavy (non-hydrogen) atoms. The van der Waals surface area contributed by atoms with Crippen LogP contribution in [0.15, 0.2) is 36.7 Å². The van der Waals surface area contributed by atoms with E-state index in [4.69, 9.17) is 4.74 Å². The van der Waals surface area contributed by atoms with Crippen LogP contribution in [0, 0.1) is 24.0 Å². The first-order chi connectivity index (χ1) is 11.4. The molecule has 0 atom stereocenters. The van der Waals surface area contributed by atoms with Crippen LogP contribution in [0.4, 0.5) is 11.4 Å². The van der Waals surface area contributed by atoms with Gasteiger partial charge in [-0.2, -0.15) is 0 Å². The molecule has 0 radical (unpaired) electrons. The Kier molecular flexibility index (Phi) is 5.20. The van der Waals surface area contributed by atoms with Crippen molar-refractivity contribution in [2.24, 2.45) is 0 Å². The number of nitro benzene ring substituents is 1. The molecule has 8 heteroatoms. The number of nitrogens with one attached hydrogen (secondary N) is 1. The number of amides is 1. The number of nitro groups is 1. The monoisotopic (exact) mass is 329 g/mol. The summed E-state index contributed by atoms with van der Waals surface area (Å²) in [7, 11) is 0. The zero-order valence-electron chi connectivity index (χ0n) is 13.1. The standard InChI is InChI=1S/C16H15N3O5/c1-10-3-4-13(19(22)23)15(11(10)2)18-14(20)9-24-16(21)12-5-7-17-8-6-12/h3-8H,9H2,1-2H3,(H,18,20). The van der Waals surface area contributed by atoms with Crippen molar-refractivity contribution in [2.45, 2.75) is 13.8 Å². The van der Waals surface area contributed by atoms with Gasteiger partial charge >= 0.3 is 5.97 Å². The maximum absolute atomic E-state index is 12.0. The molecule has 2 aromatic rings. The number of hydrogen-bond donors (Lipinski definition) is 1. The lowest BCUT2D eigenvalue weighted by Crippen LogP contribution is -2.22. The number of carbonyl (C=O) groups excluding carboxylic acids is 2. The number of esters is 1. The van der Waals surface area contributed by atoms with E-state index in [0.717, 1.165) is 5.56 Å². The van der Waals surface area contributed by atoms with Crippen LogP contribution in [0.5, 0.6) is 0 Å². The van der Waals surface area contributed by atoms with Crippen molar-refractivity contribution in [3.8, 4) is 0 Å². The van der Waals surface area contributed by atoms with Gasteiger partial charge in [-0.3, -0.25) is 19.9 Å². The summed E-state index contributed by atoms with van der Waals surface area (Å²) >= 11 is 0. The highest BCUT2D eigenvalue weighted by atomic mass is 16.6. The smallest absolute Gasteiger partial charge is 0.338 e. The summed E-state index contributed by atoms with van der Waals surface area (Å²) in [6, 6.07) is 5.83. The molecule has 0 bridgehead atoms. The number of aromatic nitrogens is 1. The fourth-order valence-corrected chi connectivity index (χ4v) is 1.99. The number of rotatable bonds is 5. The van der Waals surface area contributed by atoms with Gasteiger partial charge in [-0.1, -0.05) is 6.07 Å². The van der Waals surface area contributed by atoms with E-state index in [9.17, 15) is 19.7 Å². The average Bonchev–Trinajstić information content (AvgIpc) is 2.57. The van der Waals surface area contributed by atoms with E-state index in [1.807, 2.05) is 0 Å². The van der Waals surface area contributed by atoms with Crippen molar-refractivity contribution in [2.75, 3.05) is 11.9 Å². The van der Waals surface area contributed by atoms with E-state index in [-0.39, 0.29) is 16.9 Å². The van der Waals surface area contributed by atoms with Crippen molar-refractivity contribution in [1.29, 1.82) is 0 Å². The van der Waals surface area contributed by atoms with E-state index in [2.05, 4.69) is 10.3 Å². The molecule has 0 fully saturated rings.